The first kappa shape index (κ1) is 15.8. The molecule has 0 unspecified atom stereocenters. The van der Waals surface area contributed by atoms with Crippen LogP contribution in [-0.4, -0.2) is 13.4 Å². The zero-order chi connectivity index (χ0) is 15.6. The van der Waals surface area contributed by atoms with Gasteiger partial charge < -0.3 is 5.73 Å². The largest absolute Gasteiger partial charge is 0.399 e. The molecule has 1 aromatic carbocycles. The van der Waals surface area contributed by atoms with E-state index in [-0.39, 0.29) is 10.7 Å². The SMILES string of the molecule is CCc1ccc(N)cc1S(=O)(=O)Nc1ccc(Br)c(C)n1. The van der Waals surface area contributed by atoms with Gasteiger partial charge in [0.2, 0.25) is 0 Å². The number of aromatic nitrogens is 1. The standard InChI is InChI=1S/C14H16BrN3O2S/c1-3-10-4-5-11(16)8-13(10)21(19,20)18-14-7-6-12(15)9(2)17-14/h4-8H,3,16H2,1-2H3,(H,17,18). The van der Waals surface area contributed by atoms with Gasteiger partial charge in [0.15, 0.2) is 0 Å². The molecule has 0 saturated heterocycles. The molecule has 5 nitrogen and oxygen atoms in total. The second-order valence-corrected chi connectivity index (χ2v) is 7.10. The quantitative estimate of drug-likeness (QED) is 0.810. The van der Waals surface area contributed by atoms with Crippen molar-refractivity contribution in [1.82, 2.24) is 4.98 Å². The highest BCUT2D eigenvalue weighted by Crippen LogP contribution is 2.23. The average Bonchev–Trinajstić information content (AvgIpc) is 2.42. The summed E-state index contributed by atoms with van der Waals surface area (Å²) in [5.74, 6) is 0.278. The number of sulfonamides is 1. The first-order valence-corrected chi connectivity index (χ1v) is 8.65. The van der Waals surface area contributed by atoms with Gasteiger partial charge in [0, 0.05) is 10.2 Å². The summed E-state index contributed by atoms with van der Waals surface area (Å²) in [4.78, 5) is 4.38. The van der Waals surface area contributed by atoms with Crippen LogP contribution in [0.25, 0.3) is 0 Å². The highest BCUT2D eigenvalue weighted by atomic mass is 79.9. The zero-order valence-corrected chi connectivity index (χ0v) is 14.1. The molecule has 0 amide bonds. The Morgan fingerprint density at radius 1 is 1.29 bits per heavy atom. The van der Waals surface area contributed by atoms with Gasteiger partial charge in [0.1, 0.15) is 5.82 Å². The number of nitrogens with zero attached hydrogens (tertiary/aromatic N) is 1. The lowest BCUT2D eigenvalue weighted by molar-refractivity contribution is 0.600. The minimum atomic E-state index is -3.72. The Kier molecular flexibility index (Phi) is 4.53. The molecule has 112 valence electrons. The molecule has 0 bridgehead atoms. The van der Waals surface area contributed by atoms with Crippen molar-refractivity contribution < 1.29 is 8.42 Å². The zero-order valence-electron chi connectivity index (χ0n) is 11.7. The predicted octanol–water partition coefficient (Wildman–Crippen LogP) is 3.10. The lowest BCUT2D eigenvalue weighted by atomic mass is 10.1. The summed E-state index contributed by atoms with van der Waals surface area (Å²) in [7, 11) is -3.72. The van der Waals surface area contributed by atoms with E-state index in [9.17, 15) is 8.42 Å². The molecule has 3 N–H and O–H groups in total. The molecule has 1 heterocycles. The van der Waals surface area contributed by atoms with Gasteiger partial charge in [-0.2, -0.15) is 0 Å². The van der Waals surface area contributed by atoms with Gasteiger partial charge in [0.25, 0.3) is 10.0 Å². The number of hydrogen-bond acceptors (Lipinski definition) is 4. The summed E-state index contributed by atoms with van der Waals surface area (Å²) in [5, 5.41) is 0. The Hall–Kier alpha value is -1.60. The van der Waals surface area contributed by atoms with Crippen molar-refractivity contribution in [2.45, 2.75) is 25.2 Å². The van der Waals surface area contributed by atoms with Crippen LogP contribution in [0.1, 0.15) is 18.2 Å². The molecular weight excluding hydrogens is 354 g/mol. The Bertz CT molecular complexity index is 776. The number of hydrogen-bond donors (Lipinski definition) is 2. The molecule has 0 atom stereocenters. The van der Waals surface area contributed by atoms with Gasteiger partial charge in [-0.1, -0.05) is 13.0 Å². The molecule has 0 radical (unpaired) electrons. The van der Waals surface area contributed by atoms with E-state index in [4.69, 9.17) is 5.73 Å². The van der Waals surface area contributed by atoms with E-state index in [2.05, 4.69) is 25.6 Å². The molecule has 7 heteroatoms. The lowest BCUT2D eigenvalue weighted by Gasteiger charge is -2.12. The minimum absolute atomic E-state index is 0.187. The number of anilines is 2. The summed E-state index contributed by atoms with van der Waals surface area (Å²) in [6.07, 6.45) is 0.601. The predicted molar refractivity (Wildman–Crippen MR) is 87.7 cm³/mol. The molecular formula is C14H16BrN3O2S. The van der Waals surface area contributed by atoms with E-state index in [0.717, 1.165) is 4.47 Å². The van der Waals surface area contributed by atoms with Crippen LogP contribution in [0.5, 0.6) is 0 Å². The molecule has 0 aliphatic carbocycles. The van der Waals surface area contributed by atoms with Crippen molar-refractivity contribution in [2.24, 2.45) is 0 Å². The molecule has 0 spiro atoms. The summed E-state index contributed by atoms with van der Waals surface area (Å²) in [6.45, 7) is 3.69. The van der Waals surface area contributed by atoms with Crippen molar-refractivity contribution in [2.75, 3.05) is 10.5 Å². The monoisotopic (exact) mass is 369 g/mol. The number of nitrogens with one attached hydrogen (secondary N) is 1. The number of aryl methyl sites for hydroxylation is 2. The van der Waals surface area contributed by atoms with E-state index in [1.807, 2.05) is 6.92 Å². The van der Waals surface area contributed by atoms with Crippen LogP contribution in [0.15, 0.2) is 39.7 Å². The fourth-order valence-electron chi connectivity index (χ4n) is 1.91. The topological polar surface area (TPSA) is 85.1 Å². The van der Waals surface area contributed by atoms with Crippen LogP contribution in [0.3, 0.4) is 0 Å². The van der Waals surface area contributed by atoms with Crippen molar-refractivity contribution in [3.05, 3.63) is 46.1 Å². The van der Waals surface area contributed by atoms with Gasteiger partial charge >= 0.3 is 0 Å². The normalized spacial score (nSPS) is 11.4. The van der Waals surface area contributed by atoms with E-state index in [1.54, 1.807) is 31.2 Å². The molecule has 21 heavy (non-hydrogen) atoms. The number of benzene rings is 1. The van der Waals surface area contributed by atoms with E-state index in [0.29, 0.717) is 23.4 Å². The van der Waals surface area contributed by atoms with Gasteiger partial charge in [-0.15, -0.1) is 0 Å². The van der Waals surface area contributed by atoms with Crippen LogP contribution >= 0.6 is 15.9 Å². The van der Waals surface area contributed by atoms with Crippen LogP contribution in [0.2, 0.25) is 0 Å². The Labute approximate surface area is 132 Å². The van der Waals surface area contributed by atoms with Crippen LogP contribution in [0, 0.1) is 6.92 Å². The van der Waals surface area contributed by atoms with Gasteiger partial charge in [-0.25, -0.2) is 13.4 Å². The number of nitrogen functional groups attached to an aromatic ring is 1. The minimum Gasteiger partial charge on any atom is -0.399 e. The molecule has 0 aliphatic heterocycles. The number of halogens is 1. The molecule has 0 saturated carbocycles. The molecule has 2 rings (SSSR count). The maximum atomic E-state index is 12.5. The Morgan fingerprint density at radius 3 is 2.62 bits per heavy atom. The van der Waals surface area contributed by atoms with Gasteiger partial charge in [0.05, 0.1) is 10.6 Å². The van der Waals surface area contributed by atoms with Crippen LogP contribution in [0.4, 0.5) is 11.5 Å². The third-order valence-electron chi connectivity index (χ3n) is 3.02. The number of pyridine rings is 1. The number of nitrogens with two attached hydrogens (primary N) is 1. The molecule has 1 aromatic heterocycles. The highest BCUT2D eigenvalue weighted by molar-refractivity contribution is 9.10. The van der Waals surface area contributed by atoms with E-state index in [1.165, 1.54) is 6.07 Å². The van der Waals surface area contributed by atoms with E-state index < -0.39 is 10.0 Å². The van der Waals surface area contributed by atoms with Crippen LogP contribution < -0.4 is 10.5 Å². The molecule has 0 aliphatic rings. The second kappa shape index (κ2) is 6.03. The molecule has 2 aromatic rings. The van der Waals surface area contributed by atoms with E-state index >= 15 is 0 Å². The second-order valence-electron chi connectivity index (χ2n) is 4.59. The molecule has 0 fully saturated rings. The number of rotatable bonds is 4. The van der Waals surface area contributed by atoms with Gasteiger partial charge in [-0.3, -0.25) is 4.72 Å². The summed E-state index contributed by atoms with van der Waals surface area (Å²) in [6, 6.07) is 8.24. The first-order chi connectivity index (χ1) is 9.83. The third-order valence-corrected chi connectivity index (χ3v) is 5.30. The Morgan fingerprint density at radius 2 is 2.00 bits per heavy atom. The van der Waals surface area contributed by atoms with Crippen LogP contribution in [-0.2, 0) is 16.4 Å². The van der Waals surface area contributed by atoms with Crippen molar-refractivity contribution in [3.8, 4) is 0 Å². The Balaban J connectivity index is 2.42. The first-order valence-electron chi connectivity index (χ1n) is 6.38. The highest BCUT2D eigenvalue weighted by Gasteiger charge is 2.19. The maximum absolute atomic E-state index is 12.5. The third kappa shape index (κ3) is 3.54. The van der Waals surface area contributed by atoms with Crippen molar-refractivity contribution in [3.63, 3.8) is 0 Å². The average molecular weight is 370 g/mol. The van der Waals surface area contributed by atoms with Crippen molar-refractivity contribution in [1.29, 1.82) is 0 Å². The summed E-state index contributed by atoms with van der Waals surface area (Å²) in [5.41, 5.74) is 7.53. The summed E-state index contributed by atoms with van der Waals surface area (Å²) < 4.78 is 28.3. The fraction of sp³-hybridized carbons (Fsp3) is 0.214. The summed E-state index contributed by atoms with van der Waals surface area (Å²) >= 11 is 3.33. The van der Waals surface area contributed by atoms with Crippen molar-refractivity contribution >= 4 is 37.5 Å². The fourth-order valence-corrected chi connectivity index (χ4v) is 3.48. The van der Waals surface area contributed by atoms with Gasteiger partial charge in [-0.05, 0) is 59.1 Å². The lowest BCUT2D eigenvalue weighted by Crippen LogP contribution is -2.16. The maximum Gasteiger partial charge on any atom is 0.263 e. The smallest absolute Gasteiger partial charge is 0.263 e.